The van der Waals surface area contributed by atoms with E-state index in [1.807, 2.05) is 62.9 Å². The lowest BCUT2D eigenvalue weighted by molar-refractivity contribution is -0.137. The van der Waals surface area contributed by atoms with Crippen LogP contribution < -0.4 is 21.3 Å². The van der Waals surface area contributed by atoms with Crippen LogP contribution in [0.25, 0.3) is 0 Å². The number of fused-ring (bicyclic) bond motifs is 2. The minimum atomic E-state index is -1.04. The third-order valence-corrected chi connectivity index (χ3v) is 9.18. The van der Waals surface area contributed by atoms with Crippen molar-refractivity contribution in [2.75, 3.05) is 13.1 Å². The zero-order valence-corrected chi connectivity index (χ0v) is 28.8. The van der Waals surface area contributed by atoms with Crippen molar-refractivity contribution in [2.45, 2.75) is 129 Å². The van der Waals surface area contributed by atoms with Crippen LogP contribution in [0.3, 0.4) is 0 Å². The van der Waals surface area contributed by atoms with E-state index in [0.29, 0.717) is 25.8 Å². The van der Waals surface area contributed by atoms with Crippen LogP contribution in [0.5, 0.6) is 0 Å². The summed E-state index contributed by atoms with van der Waals surface area (Å²) in [6, 6.07) is 4.65. The van der Waals surface area contributed by atoms with E-state index in [2.05, 4.69) is 21.3 Å². The molecule has 5 amide bonds. The van der Waals surface area contributed by atoms with E-state index >= 15 is 0 Å². The lowest BCUT2D eigenvalue weighted by atomic mass is 9.95. The predicted molar refractivity (Wildman–Crippen MR) is 184 cm³/mol. The first kappa shape index (κ1) is 39.3. The third kappa shape index (κ3) is 9.96. The molecule has 0 bridgehead atoms. The fraction of sp³-hybridized carbons (Fsp3) is 0.639. The molecule has 49 heavy (non-hydrogen) atoms. The molecule has 0 unspecified atom stereocenters. The number of carbonyl (C=O) groups excluding carboxylic acids is 7. The van der Waals surface area contributed by atoms with Crippen molar-refractivity contribution in [1.29, 1.82) is 0 Å². The van der Waals surface area contributed by atoms with Crippen LogP contribution in [0.4, 0.5) is 0 Å². The molecule has 0 aliphatic carbocycles. The first-order valence-corrected chi connectivity index (χ1v) is 16.9. The highest BCUT2D eigenvalue weighted by molar-refractivity contribution is 5.97. The van der Waals surface area contributed by atoms with Gasteiger partial charge in [-0.25, -0.2) is 0 Å². The average molecular weight is 683 g/mol. The summed E-state index contributed by atoms with van der Waals surface area (Å²) in [5.41, 5.74) is 0.206. The second kappa shape index (κ2) is 16.5. The maximum absolute atomic E-state index is 14.0. The molecule has 3 saturated heterocycles. The zero-order valence-electron chi connectivity index (χ0n) is 28.8. The molecule has 3 fully saturated rings. The lowest BCUT2D eigenvalue weighted by Gasteiger charge is -2.34. The Morgan fingerprint density at radius 1 is 0.980 bits per heavy atom. The van der Waals surface area contributed by atoms with Gasteiger partial charge in [-0.3, -0.25) is 33.7 Å². The van der Waals surface area contributed by atoms with Gasteiger partial charge in [-0.15, -0.1) is 0 Å². The van der Waals surface area contributed by atoms with E-state index in [4.69, 9.17) is 0 Å². The molecule has 0 aromatic heterocycles. The maximum Gasteiger partial charge on any atom is 0.245 e. The van der Waals surface area contributed by atoms with Gasteiger partial charge < -0.3 is 31.0 Å². The standard InChI is InChI=1S/C35H50N6O7.CH4/c1-7-26-28-29(33(47)39-35(4,5)6)40-15-11-14-27(40)32(46)38-25(17-22-12-9-8-10-13-22)31(45)36-19-24(43)18-23(16-20(2)42)30(44)37-21(3)34(48)41(26)28;/h8-10,12-13,21,23,25-29H,7,11,14-19H2,1-6H3,(H,36,45)(H,37,44)(H,38,46)(H,39,47);1H4/t21-,23+,25-,26+,27-,28-,29+,41?;/m0./s1. The Hall–Kier alpha value is -4.13. The van der Waals surface area contributed by atoms with Gasteiger partial charge in [0.25, 0.3) is 0 Å². The van der Waals surface area contributed by atoms with Gasteiger partial charge in [0.15, 0.2) is 5.78 Å². The first-order valence-electron chi connectivity index (χ1n) is 16.9. The van der Waals surface area contributed by atoms with Crippen LogP contribution in [0.15, 0.2) is 30.3 Å². The Labute approximate surface area is 289 Å². The van der Waals surface area contributed by atoms with Crippen molar-refractivity contribution in [3.8, 4) is 0 Å². The summed E-state index contributed by atoms with van der Waals surface area (Å²) in [5, 5.41) is 11.3. The third-order valence-electron chi connectivity index (χ3n) is 9.18. The summed E-state index contributed by atoms with van der Waals surface area (Å²) in [5.74, 6) is -4.12. The smallest absolute Gasteiger partial charge is 0.245 e. The average Bonchev–Trinajstić information content (AvgIpc) is 3.51. The molecule has 7 atom stereocenters. The van der Waals surface area contributed by atoms with E-state index in [9.17, 15) is 33.6 Å². The number of rotatable bonds is 6. The van der Waals surface area contributed by atoms with Gasteiger partial charge in [-0.1, -0.05) is 44.7 Å². The molecule has 3 aliphatic heterocycles. The number of hydrogen-bond acceptors (Lipinski definition) is 8. The van der Waals surface area contributed by atoms with Gasteiger partial charge in [-0.2, -0.15) is 0 Å². The molecule has 1 aromatic carbocycles. The number of amides is 5. The molecule has 13 nitrogen and oxygen atoms in total. The Bertz CT molecular complexity index is 1410. The molecule has 13 heteroatoms. The molecule has 1 aromatic rings. The molecule has 4 N–H and O–H groups in total. The number of benzene rings is 1. The number of ketones is 2. The van der Waals surface area contributed by atoms with Crippen molar-refractivity contribution in [1.82, 2.24) is 31.1 Å². The maximum atomic E-state index is 14.0. The van der Waals surface area contributed by atoms with E-state index in [-0.39, 0.29) is 44.4 Å². The Balaban J connectivity index is 0.00000650. The van der Waals surface area contributed by atoms with Crippen LogP contribution in [0.1, 0.15) is 86.6 Å². The van der Waals surface area contributed by atoms with Crippen LogP contribution >= 0.6 is 0 Å². The van der Waals surface area contributed by atoms with Crippen molar-refractivity contribution in [3.05, 3.63) is 35.9 Å². The summed E-state index contributed by atoms with van der Waals surface area (Å²) in [4.78, 5) is 97.3. The molecular weight excluding hydrogens is 628 g/mol. The van der Waals surface area contributed by atoms with Gasteiger partial charge in [-0.05, 0) is 66.0 Å². The Morgan fingerprint density at radius 2 is 1.65 bits per heavy atom. The second-order valence-electron chi connectivity index (χ2n) is 14.3. The molecule has 0 radical (unpaired) electrons. The minimum absolute atomic E-state index is 0. The highest BCUT2D eigenvalue weighted by atomic mass is 16.2. The Morgan fingerprint density at radius 3 is 2.27 bits per heavy atom. The molecule has 3 heterocycles. The number of Topliss-reactive ketones (excluding diaryl/α,β-unsaturated/α-hetero) is 2. The highest BCUT2D eigenvalue weighted by Gasteiger charge is 2.60. The SMILES string of the molecule is C.CC[C@@H]1[C@H]2[C@H](C(=O)NC(C)(C)C)N3CCC[C@H]3C(=O)N[C@@H](Cc3ccccc3)C(=O)NCC(=O)C[C@@H](CC(C)=O)C(=O)N[C@@H](C)C(=O)N21. The van der Waals surface area contributed by atoms with E-state index in [1.54, 1.807) is 4.90 Å². The number of hydrogen-bond donors (Lipinski definition) is 4. The minimum Gasteiger partial charge on any atom is -0.350 e. The van der Waals surface area contributed by atoms with Crippen LogP contribution in [-0.4, -0.2) is 106 Å². The number of carbonyl (C=O) groups is 7. The summed E-state index contributed by atoms with van der Waals surface area (Å²) >= 11 is 0. The molecule has 4 rings (SSSR count). The monoisotopic (exact) mass is 682 g/mol. The predicted octanol–water partition coefficient (Wildman–Crippen LogP) is 1.28. The molecule has 0 spiro atoms. The lowest BCUT2D eigenvalue weighted by Crippen LogP contribution is -2.60. The number of nitrogens with one attached hydrogen (secondary N) is 4. The van der Waals surface area contributed by atoms with Gasteiger partial charge in [0.05, 0.1) is 30.6 Å². The largest absolute Gasteiger partial charge is 0.350 e. The fourth-order valence-electron chi connectivity index (χ4n) is 6.96. The molecular formula is C36H54N6O7. The normalized spacial score (nSPS) is 28.8. The Kier molecular flexibility index (Phi) is 13.2. The number of nitrogens with zero attached hydrogens (tertiary/aromatic N) is 2. The van der Waals surface area contributed by atoms with Crippen molar-refractivity contribution >= 4 is 41.1 Å². The zero-order chi connectivity index (χ0) is 35.3. The van der Waals surface area contributed by atoms with E-state index < -0.39 is 77.6 Å². The first-order chi connectivity index (χ1) is 22.6. The molecule has 3 aliphatic rings. The van der Waals surface area contributed by atoms with E-state index in [0.717, 1.165) is 5.56 Å². The van der Waals surface area contributed by atoms with Crippen LogP contribution in [0.2, 0.25) is 0 Å². The van der Waals surface area contributed by atoms with Crippen LogP contribution in [0, 0.1) is 5.92 Å². The summed E-state index contributed by atoms with van der Waals surface area (Å²) in [7, 11) is 0. The van der Waals surface area contributed by atoms with E-state index in [1.165, 1.54) is 13.8 Å². The topological polar surface area (TPSA) is 174 Å². The van der Waals surface area contributed by atoms with Crippen molar-refractivity contribution in [2.24, 2.45) is 5.92 Å². The van der Waals surface area contributed by atoms with Gasteiger partial charge in [0.1, 0.15) is 23.9 Å². The van der Waals surface area contributed by atoms with Gasteiger partial charge in [0.2, 0.25) is 29.5 Å². The second-order valence-corrected chi connectivity index (χ2v) is 14.3. The van der Waals surface area contributed by atoms with Gasteiger partial charge in [0, 0.05) is 24.8 Å². The van der Waals surface area contributed by atoms with Gasteiger partial charge >= 0.3 is 0 Å². The van der Waals surface area contributed by atoms with Crippen molar-refractivity contribution in [3.63, 3.8) is 0 Å². The molecule has 270 valence electrons. The fourth-order valence-corrected chi connectivity index (χ4v) is 6.96. The highest BCUT2D eigenvalue weighted by Crippen LogP contribution is 2.39. The summed E-state index contributed by atoms with van der Waals surface area (Å²) in [6.07, 6.45) is 1.24. The summed E-state index contributed by atoms with van der Waals surface area (Å²) < 4.78 is 0. The quantitative estimate of drug-likeness (QED) is 0.325. The van der Waals surface area contributed by atoms with Crippen molar-refractivity contribution < 1.29 is 33.6 Å². The van der Waals surface area contributed by atoms with Crippen LogP contribution in [-0.2, 0) is 40.0 Å². The molecule has 0 saturated carbocycles. The summed E-state index contributed by atoms with van der Waals surface area (Å²) in [6.45, 7) is 10.4.